The van der Waals surface area contributed by atoms with Gasteiger partial charge in [0.2, 0.25) is 0 Å². The highest BCUT2D eigenvalue weighted by molar-refractivity contribution is 4.91. The normalized spacial score (nSPS) is 28.2. The van der Waals surface area contributed by atoms with Crippen molar-refractivity contribution in [2.24, 2.45) is 17.3 Å². The fourth-order valence-electron chi connectivity index (χ4n) is 2.78. The lowest BCUT2D eigenvalue weighted by Crippen LogP contribution is -2.40. The molecule has 3 heteroatoms. The highest BCUT2D eigenvalue weighted by Gasteiger charge is 2.36. The standard InChI is InChI=1S/C15H30N2O/c1-13(2)15(6-8-17-12-15)11-16-7-3-9-18-10-14-4-5-14/h13-14,16-17H,3-12H2,1-2H3. The number of rotatable bonds is 9. The van der Waals surface area contributed by atoms with E-state index >= 15 is 0 Å². The molecule has 2 aliphatic rings. The Labute approximate surface area is 112 Å². The Kier molecular flexibility index (Phi) is 5.46. The first-order valence-electron chi connectivity index (χ1n) is 7.72. The van der Waals surface area contributed by atoms with Crippen LogP contribution in [0.1, 0.15) is 39.5 Å². The number of nitrogens with one attached hydrogen (secondary N) is 2. The second kappa shape index (κ2) is 6.88. The maximum Gasteiger partial charge on any atom is 0.0494 e. The lowest BCUT2D eigenvalue weighted by Gasteiger charge is -2.33. The van der Waals surface area contributed by atoms with Crippen molar-refractivity contribution in [3.05, 3.63) is 0 Å². The predicted molar refractivity (Wildman–Crippen MR) is 75.8 cm³/mol. The molecule has 0 bridgehead atoms. The van der Waals surface area contributed by atoms with Crippen LogP contribution in [-0.2, 0) is 4.74 Å². The molecule has 0 aromatic heterocycles. The number of hydrogen-bond acceptors (Lipinski definition) is 3. The quantitative estimate of drug-likeness (QED) is 0.618. The van der Waals surface area contributed by atoms with Crippen molar-refractivity contribution in [1.82, 2.24) is 10.6 Å². The molecule has 1 aliphatic heterocycles. The molecule has 18 heavy (non-hydrogen) atoms. The van der Waals surface area contributed by atoms with Gasteiger partial charge in [0, 0.05) is 26.3 Å². The Hall–Kier alpha value is -0.120. The first-order valence-corrected chi connectivity index (χ1v) is 7.72. The molecule has 2 N–H and O–H groups in total. The second-order valence-electron chi connectivity index (χ2n) is 6.49. The smallest absolute Gasteiger partial charge is 0.0494 e. The summed E-state index contributed by atoms with van der Waals surface area (Å²) in [6.45, 7) is 11.2. The van der Waals surface area contributed by atoms with E-state index in [1.807, 2.05) is 0 Å². The molecule has 1 unspecified atom stereocenters. The van der Waals surface area contributed by atoms with Crippen molar-refractivity contribution in [2.45, 2.75) is 39.5 Å². The van der Waals surface area contributed by atoms with Gasteiger partial charge in [0.1, 0.15) is 0 Å². The van der Waals surface area contributed by atoms with Crippen molar-refractivity contribution in [3.63, 3.8) is 0 Å². The van der Waals surface area contributed by atoms with Crippen LogP contribution in [0.4, 0.5) is 0 Å². The Morgan fingerprint density at radius 1 is 1.39 bits per heavy atom. The highest BCUT2D eigenvalue weighted by Crippen LogP contribution is 2.33. The molecule has 1 atom stereocenters. The minimum absolute atomic E-state index is 0.481. The largest absolute Gasteiger partial charge is 0.381 e. The first-order chi connectivity index (χ1) is 8.73. The molecule has 0 aromatic rings. The Morgan fingerprint density at radius 3 is 2.83 bits per heavy atom. The van der Waals surface area contributed by atoms with Gasteiger partial charge < -0.3 is 15.4 Å². The van der Waals surface area contributed by atoms with Crippen LogP contribution in [0, 0.1) is 17.3 Å². The zero-order valence-corrected chi connectivity index (χ0v) is 12.1. The van der Waals surface area contributed by atoms with E-state index in [4.69, 9.17) is 4.74 Å². The molecule has 0 amide bonds. The maximum atomic E-state index is 5.65. The predicted octanol–water partition coefficient (Wildman–Crippen LogP) is 2.03. The number of hydrogen-bond donors (Lipinski definition) is 2. The topological polar surface area (TPSA) is 33.3 Å². The van der Waals surface area contributed by atoms with E-state index in [1.165, 1.54) is 32.4 Å². The van der Waals surface area contributed by atoms with E-state index in [-0.39, 0.29) is 0 Å². The van der Waals surface area contributed by atoms with E-state index in [0.717, 1.165) is 44.6 Å². The van der Waals surface area contributed by atoms with Crippen molar-refractivity contribution >= 4 is 0 Å². The zero-order valence-electron chi connectivity index (χ0n) is 12.1. The van der Waals surface area contributed by atoms with Crippen LogP contribution in [0.5, 0.6) is 0 Å². The zero-order chi connectivity index (χ0) is 12.8. The van der Waals surface area contributed by atoms with Gasteiger partial charge in [-0.2, -0.15) is 0 Å². The highest BCUT2D eigenvalue weighted by atomic mass is 16.5. The van der Waals surface area contributed by atoms with Gasteiger partial charge in [0.25, 0.3) is 0 Å². The molecule has 106 valence electrons. The van der Waals surface area contributed by atoms with Gasteiger partial charge in [-0.1, -0.05) is 13.8 Å². The third-order valence-electron chi connectivity index (χ3n) is 4.67. The van der Waals surface area contributed by atoms with Crippen LogP contribution in [0.25, 0.3) is 0 Å². The van der Waals surface area contributed by atoms with E-state index < -0.39 is 0 Å². The van der Waals surface area contributed by atoms with Gasteiger partial charge in [-0.15, -0.1) is 0 Å². The van der Waals surface area contributed by atoms with Crippen LogP contribution in [0.15, 0.2) is 0 Å². The molecular weight excluding hydrogens is 224 g/mol. The molecule has 2 rings (SSSR count). The van der Waals surface area contributed by atoms with E-state index in [2.05, 4.69) is 24.5 Å². The summed E-state index contributed by atoms with van der Waals surface area (Å²) in [6, 6.07) is 0. The molecule has 1 saturated heterocycles. The van der Waals surface area contributed by atoms with Crippen molar-refractivity contribution in [1.29, 1.82) is 0 Å². The van der Waals surface area contributed by atoms with Crippen molar-refractivity contribution in [2.75, 3.05) is 39.4 Å². The molecule has 1 aliphatic carbocycles. The average Bonchev–Trinajstić information content (AvgIpc) is 3.04. The van der Waals surface area contributed by atoms with Crippen LogP contribution >= 0.6 is 0 Å². The molecule has 1 heterocycles. The van der Waals surface area contributed by atoms with E-state index in [9.17, 15) is 0 Å². The SMILES string of the molecule is CC(C)C1(CNCCCOCC2CC2)CCNC1. The third kappa shape index (κ3) is 4.22. The summed E-state index contributed by atoms with van der Waals surface area (Å²) in [5.74, 6) is 1.65. The second-order valence-corrected chi connectivity index (χ2v) is 6.49. The molecule has 0 radical (unpaired) electrons. The Morgan fingerprint density at radius 2 is 2.22 bits per heavy atom. The summed E-state index contributed by atoms with van der Waals surface area (Å²) in [6.07, 6.45) is 5.24. The van der Waals surface area contributed by atoms with Gasteiger partial charge in [-0.05, 0) is 56.0 Å². The summed E-state index contributed by atoms with van der Waals surface area (Å²) in [4.78, 5) is 0. The monoisotopic (exact) mass is 254 g/mol. The molecule has 2 fully saturated rings. The van der Waals surface area contributed by atoms with Crippen molar-refractivity contribution in [3.8, 4) is 0 Å². The van der Waals surface area contributed by atoms with Gasteiger partial charge in [-0.3, -0.25) is 0 Å². The van der Waals surface area contributed by atoms with Gasteiger partial charge in [-0.25, -0.2) is 0 Å². The summed E-state index contributed by atoms with van der Waals surface area (Å²) in [5, 5.41) is 7.14. The minimum Gasteiger partial charge on any atom is -0.381 e. The first kappa shape index (κ1) is 14.3. The average molecular weight is 254 g/mol. The van der Waals surface area contributed by atoms with Crippen molar-refractivity contribution < 1.29 is 4.74 Å². The molecule has 0 spiro atoms. The molecular formula is C15H30N2O. The van der Waals surface area contributed by atoms with E-state index in [0.29, 0.717) is 5.41 Å². The third-order valence-corrected chi connectivity index (χ3v) is 4.67. The fourth-order valence-corrected chi connectivity index (χ4v) is 2.78. The fraction of sp³-hybridized carbons (Fsp3) is 1.00. The van der Waals surface area contributed by atoms with Gasteiger partial charge in [0.15, 0.2) is 0 Å². The number of ether oxygens (including phenoxy) is 1. The summed E-state index contributed by atoms with van der Waals surface area (Å²) in [5.41, 5.74) is 0.481. The van der Waals surface area contributed by atoms with Crippen LogP contribution < -0.4 is 10.6 Å². The van der Waals surface area contributed by atoms with Gasteiger partial charge >= 0.3 is 0 Å². The lowest BCUT2D eigenvalue weighted by molar-refractivity contribution is 0.120. The molecule has 3 nitrogen and oxygen atoms in total. The Bertz CT molecular complexity index is 233. The Balaban J connectivity index is 1.50. The summed E-state index contributed by atoms with van der Waals surface area (Å²) < 4.78 is 5.65. The lowest BCUT2D eigenvalue weighted by atomic mass is 9.76. The summed E-state index contributed by atoms with van der Waals surface area (Å²) >= 11 is 0. The molecule has 1 saturated carbocycles. The van der Waals surface area contributed by atoms with Crippen LogP contribution in [0.3, 0.4) is 0 Å². The van der Waals surface area contributed by atoms with Crippen LogP contribution in [-0.4, -0.2) is 39.4 Å². The van der Waals surface area contributed by atoms with Gasteiger partial charge in [0.05, 0.1) is 0 Å². The summed E-state index contributed by atoms with van der Waals surface area (Å²) in [7, 11) is 0. The molecule has 0 aromatic carbocycles. The minimum atomic E-state index is 0.481. The maximum absolute atomic E-state index is 5.65. The van der Waals surface area contributed by atoms with Crippen LogP contribution in [0.2, 0.25) is 0 Å². The van der Waals surface area contributed by atoms with E-state index in [1.54, 1.807) is 0 Å².